The van der Waals surface area contributed by atoms with Crippen molar-refractivity contribution in [1.29, 1.82) is 0 Å². The van der Waals surface area contributed by atoms with Gasteiger partial charge in [-0.25, -0.2) is 4.79 Å². The first-order valence-corrected chi connectivity index (χ1v) is 9.44. The summed E-state index contributed by atoms with van der Waals surface area (Å²) in [6.45, 7) is 2.34. The van der Waals surface area contributed by atoms with Crippen molar-refractivity contribution in [3.05, 3.63) is 12.7 Å². The Morgan fingerprint density at radius 1 is 0.629 bits per heavy atom. The summed E-state index contributed by atoms with van der Waals surface area (Å²) in [4.78, 5) is 10.7. The van der Waals surface area contributed by atoms with Gasteiger partial charge in [-0.3, -0.25) is 0 Å². The number of halogens is 17. The van der Waals surface area contributed by atoms with Crippen molar-refractivity contribution in [2.24, 2.45) is 0 Å². The molecular formula is C15H11F17O2S. The van der Waals surface area contributed by atoms with Gasteiger partial charge in [-0.2, -0.15) is 86.4 Å². The molecule has 35 heavy (non-hydrogen) atoms. The molecule has 208 valence electrons. The van der Waals surface area contributed by atoms with E-state index in [-0.39, 0.29) is 11.8 Å². The van der Waals surface area contributed by atoms with Crippen molar-refractivity contribution >= 4 is 17.7 Å². The number of hydrogen-bond donors (Lipinski definition) is 0. The topological polar surface area (TPSA) is 26.3 Å². The molecule has 0 aliphatic rings. The van der Waals surface area contributed by atoms with Crippen LogP contribution in [0.3, 0.4) is 0 Å². The van der Waals surface area contributed by atoms with E-state index in [1.807, 2.05) is 0 Å². The van der Waals surface area contributed by atoms with E-state index in [1.165, 1.54) is 0 Å². The summed E-state index contributed by atoms with van der Waals surface area (Å²) >= 11 is 0.133. The SMILES string of the molecule is C=CC(=O)OCCSCCC(F)(F)C(F)(F)C(F)(F)C(F)(F)C(F)(F)C(F)(F)C(F)(F)C(F)(F)F. The molecule has 0 aliphatic carbocycles. The average molecular weight is 578 g/mol. The predicted octanol–water partition coefficient (Wildman–Crippen LogP) is 6.85. The van der Waals surface area contributed by atoms with Crippen LogP contribution in [-0.2, 0) is 9.53 Å². The fraction of sp³-hybridized carbons (Fsp3) is 0.800. The quantitative estimate of drug-likeness (QED) is 0.104. The zero-order chi connectivity index (χ0) is 28.5. The first kappa shape index (κ1) is 33.4. The van der Waals surface area contributed by atoms with Gasteiger partial charge in [0.15, 0.2) is 0 Å². The average Bonchev–Trinajstić information content (AvgIpc) is 2.68. The van der Waals surface area contributed by atoms with Crippen LogP contribution in [0.15, 0.2) is 12.7 Å². The number of thioether (sulfide) groups is 1. The summed E-state index contributed by atoms with van der Waals surface area (Å²) in [6.07, 6.45) is -9.69. The van der Waals surface area contributed by atoms with Crippen LogP contribution < -0.4 is 0 Å². The highest BCUT2D eigenvalue weighted by Gasteiger charge is 2.95. The number of esters is 1. The summed E-state index contributed by atoms with van der Waals surface area (Å²) in [6, 6.07) is 0. The molecule has 0 aromatic rings. The van der Waals surface area contributed by atoms with Crippen molar-refractivity contribution in [1.82, 2.24) is 0 Å². The molecule has 0 spiro atoms. The van der Waals surface area contributed by atoms with Crippen LogP contribution in [0.2, 0.25) is 0 Å². The van der Waals surface area contributed by atoms with Gasteiger partial charge in [0.05, 0.1) is 0 Å². The number of carbonyl (C=O) groups is 1. The largest absolute Gasteiger partial charge is 0.462 e. The zero-order valence-electron chi connectivity index (χ0n) is 16.3. The molecule has 0 rings (SSSR count). The maximum Gasteiger partial charge on any atom is 0.460 e. The smallest absolute Gasteiger partial charge is 0.460 e. The summed E-state index contributed by atoms with van der Waals surface area (Å²) in [7, 11) is 0. The van der Waals surface area contributed by atoms with Crippen LogP contribution in [0.25, 0.3) is 0 Å². The first-order valence-electron chi connectivity index (χ1n) is 8.29. The maximum absolute atomic E-state index is 13.6. The van der Waals surface area contributed by atoms with Crippen molar-refractivity contribution < 1.29 is 84.2 Å². The molecule has 0 atom stereocenters. The third-order valence-corrected chi connectivity index (χ3v) is 4.93. The van der Waals surface area contributed by atoms with Gasteiger partial charge in [0, 0.05) is 18.2 Å². The maximum atomic E-state index is 13.6. The van der Waals surface area contributed by atoms with Gasteiger partial charge in [-0.1, -0.05) is 6.58 Å². The van der Waals surface area contributed by atoms with Crippen molar-refractivity contribution in [2.45, 2.75) is 54.1 Å². The molecular weight excluding hydrogens is 567 g/mol. The van der Waals surface area contributed by atoms with Gasteiger partial charge in [-0.15, -0.1) is 0 Å². The van der Waals surface area contributed by atoms with Crippen LogP contribution in [0.1, 0.15) is 6.42 Å². The molecule has 0 aliphatic heterocycles. The molecule has 0 unspecified atom stereocenters. The second-order valence-corrected chi connectivity index (χ2v) is 7.61. The minimum Gasteiger partial charge on any atom is -0.462 e. The van der Waals surface area contributed by atoms with Crippen molar-refractivity contribution in [3.63, 3.8) is 0 Å². The van der Waals surface area contributed by atoms with Gasteiger partial charge >= 0.3 is 53.6 Å². The minimum absolute atomic E-state index is 0.133. The lowest BCUT2D eigenvalue weighted by Gasteiger charge is -2.42. The van der Waals surface area contributed by atoms with Gasteiger partial charge < -0.3 is 4.74 Å². The molecule has 0 heterocycles. The lowest BCUT2D eigenvalue weighted by atomic mass is 9.88. The van der Waals surface area contributed by atoms with Crippen LogP contribution in [0.4, 0.5) is 74.6 Å². The predicted molar refractivity (Wildman–Crippen MR) is 83.8 cm³/mol. The fourth-order valence-corrected chi connectivity index (χ4v) is 2.72. The highest BCUT2D eigenvalue weighted by atomic mass is 32.2. The molecule has 0 amide bonds. The second kappa shape index (κ2) is 10.0. The third-order valence-electron chi connectivity index (χ3n) is 3.99. The van der Waals surface area contributed by atoms with E-state index in [9.17, 15) is 79.4 Å². The van der Waals surface area contributed by atoms with E-state index in [0.717, 1.165) is 0 Å². The fourth-order valence-electron chi connectivity index (χ4n) is 1.92. The van der Waals surface area contributed by atoms with Gasteiger partial charge in [0.25, 0.3) is 0 Å². The molecule has 0 saturated heterocycles. The van der Waals surface area contributed by atoms with Crippen LogP contribution in [0, 0.1) is 0 Å². The summed E-state index contributed by atoms with van der Waals surface area (Å²) in [5, 5.41) is 0. The van der Waals surface area contributed by atoms with E-state index in [1.54, 1.807) is 0 Å². The third kappa shape index (κ3) is 5.55. The zero-order valence-corrected chi connectivity index (χ0v) is 17.1. The Balaban J connectivity index is 5.96. The molecule has 0 bridgehead atoms. The Hall–Kier alpha value is -1.63. The summed E-state index contributed by atoms with van der Waals surface area (Å²) < 4.78 is 227. The number of hydrogen-bond acceptors (Lipinski definition) is 3. The lowest BCUT2D eigenvalue weighted by Crippen LogP contribution is -2.74. The Labute approximate surface area is 187 Å². The molecule has 0 aromatic heterocycles. The molecule has 0 N–H and O–H groups in total. The number of carbonyl (C=O) groups excluding carboxylic acids is 1. The van der Waals surface area contributed by atoms with Crippen molar-refractivity contribution in [3.8, 4) is 0 Å². The highest BCUT2D eigenvalue weighted by Crippen LogP contribution is 2.64. The molecule has 20 heteroatoms. The van der Waals surface area contributed by atoms with E-state index >= 15 is 0 Å². The van der Waals surface area contributed by atoms with Crippen LogP contribution in [0.5, 0.6) is 0 Å². The van der Waals surface area contributed by atoms with Crippen LogP contribution in [-0.4, -0.2) is 71.7 Å². The van der Waals surface area contributed by atoms with E-state index in [4.69, 9.17) is 0 Å². The summed E-state index contributed by atoms with van der Waals surface area (Å²) in [5.41, 5.74) is 0. The molecule has 0 radical (unpaired) electrons. The van der Waals surface area contributed by atoms with E-state index in [2.05, 4.69) is 11.3 Å². The standard InChI is InChI=1S/C15H11F17O2S/c1-2-7(33)34-4-6-35-5-3-8(16,17)9(18,19)10(20,21)11(22,23)12(24,25)13(26,27)14(28,29)15(30,31)32/h2H,1,3-6H2. The summed E-state index contributed by atoms with van der Waals surface area (Å²) in [5.74, 6) is -59.2. The van der Waals surface area contributed by atoms with Gasteiger partial charge in [-0.05, 0) is 5.75 Å². The Bertz CT molecular complexity index is 759. The van der Waals surface area contributed by atoms with Gasteiger partial charge in [0.2, 0.25) is 0 Å². The van der Waals surface area contributed by atoms with Crippen molar-refractivity contribution in [2.75, 3.05) is 18.1 Å². The van der Waals surface area contributed by atoms with Gasteiger partial charge in [0.1, 0.15) is 6.61 Å². The normalized spacial score (nSPS) is 15.2. The number of rotatable bonds is 13. The number of ether oxygens (including phenoxy) is 1. The molecule has 0 fully saturated rings. The first-order chi connectivity index (χ1) is 15.2. The van der Waals surface area contributed by atoms with E-state index in [0.29, 0.717) is 6.08 Å². The second-order valence-electron chi connectivity index (χ2n) is 6.38. The molecule has 0 saturated carbocycles. The monoisotopic (exact) mass is 578 g/mol. The molecule has 2 nitrogen and oxygen atoms in total. The Kier molecular flexibility index (Phi) is 9.56. The van der Waals surface area contributed by atoms with Crippen LogP contribution >= 0.6 is 11.8 Å². The highest BCUT2D eigenvalue weighted by molar-refractivity contribution is 7.99. The Morgan fingerprint density at radius 3 is 1.37 bits per heavy atom. The van der Waals surface area contributed by atoms with E-state index < -0.39 is 78.1 Å². The number of alkyl halides is 17. The Morgan fingerprint density at radius 2 is 1.00 bits per heavy atom. The lowest BCUT2D eigenvalue weighted by molar-refractivity contribution is -0.461. The molecule has 0 aromatic carbocycles. The minimum atomic E-state index is -8.63.